The van der Waals surface area contributed by atoms with E-state index < -0.39 is 12.8 Å². The molecule has 0 atom stereocenters. The predicted octanol–water partition coefficient (Wildman–Crippen LogP) is 3.06. The number of halogens is 3. The Balaban J connectivity index is 2.31. The first-order valence-electron chi connectivity index (χ1n) is 5.18. The fraction of sp³-hybridized carbons (Fsp3) is 0.400. The van der Waals surface area contributed by atoms with Crippen LogP contribution in [0.4, 0.5) is 19.1 Å². The van der Waals surface area contributed by atoms with Crippen molar-refractivity contribution >= 4 is 27.5 Å². The Morgan fingerprint density at radius 1 is 1.39 bits per heavy atom. The van der Waals surface area contributed by atoms with Gasteiger partial charge >= 0.3 is 6.18 Å². The van der Waals surface area contributed by atoms with Crippen LogP contribution in [0.15, 0.2) is 11.4 Å². The van der Waals surface area contributed by atoms with E-state index in [1.165, 1.54) is 11.3 Å². The first-order valence-corrected chi connectivity index (χ1v) is 6.06. The quantitative estimate of drug-likeness (QED) is 0.933. The second kappa shape index (κ2) is 4.97. The minimum Gasteiger partial charge on any atom is -0.467 e. The number of nitrogens with zero attached hydrogens (tertiary/aromatic N) is 2. The van der Waals surface area contributed by atoms with Gasteiger partial charge in [-0.1, -0.05) is 0 Å². The Morgan fingerprint density at radius 2 is 2.17 bits per heavy atom. The predicted molar refractivity (Wildman–Crippen MR) is 63.1 cm³/mol. The lowest BCUT2D eigenvalue weighted by Gasteiger charge is -2.10. The van der Waals surface area contributed by atoms with Gasteiger partial charge in [0.15, 0.2) is 6.61 Å². The normalized spacial score (nSPS) is 11.8. The van der Waals surface area contributed by atoms with E-state index in [9.17, 15) is 13.2 Å². The molecule has 0 aromatic carbocycles. The fourth-order valence-corrected chi connectivity index (χ4v) is 2.08. The summed E-state index contributed by atoms with van der Waals surface area (Å²) in [4.78, 5) is 8.69. The largest absolute Gasteiger partial charge is 0.467 e. The standard InChI is InChI=1S/C10H10F3N3OS/c1-2-14-9-15-7(17-5-10(11,12)13)6-3-4-18-8(6)16-9/h3-4H,2,5H2,1H3,(H,14,15,16). The lowest BCUT2D eigenvalue weighted by atomic mass is 10.4. The van der Waals surface area contributed by atoms with E-state index in [0.717, 1.165) is 0 Å². The number of alkyl halides is 3. The zero-order chi connectivity index (χ0) is 13.2. The van der Waals surface area contributed by atoms with Crippen molar-refractivity contribution in [1.29, 1.82) is 0 Å². The molecule has 0 aliphatic heterocycles. The van der Waals surface area contributed by atoms with Crippen molar-refractivity contribution in [2.75, 3.05) is 18.5 Å². The highest BCUT2D eigenvalue weighted by atomic mass is 32.1. The van der Waals surface area contributed by atoms with Gasteiger partial charge in [0, 0.05) is 6.54 Å². The average molecular weight is 277 g/mol. The molecule has 2 rings (SSSR count). The van der Waals surface area contributed by atoms with Gasteiger partial charge in [-0.15, -0.1) is 11.3 Å². The summed E-state index contributed by atoms with van der Waals surface area (Å²) in [6.45, 7) is 1.06. The highest BCUT2D eigenvalue weighted by molar-refractivity contribution is 7.16. The van der Waals surface area contributed by atoms with Crippen LogP contribution < -0.4 is 10.1 Å². The number of thiophene rings is 1. The molecule has 2 aromatic rings. The number of nitrogens with one attached hydrogen (secondary N) is 1. The van der Waals surface area contributed by atoms with Gasteiger partial charge in [0.05, 0.1) is 5.39 Å². The summed E-state index contributed by atoms with van der Waals surface area (Å²) in [6.07, 6.45) is -4.38. The molecule has 0 bridgehead atoms. The molecule has 0 spiro atoms. The molecule has 0 saturated carbocycles. The highest BCUT2D eigenvalue weighted by Crippen LogP contribution is 2.29. The molecular formula is C10H10F3N3OS. The Kier molecular flexibility index (Phi) is 3.55. The number of fused-ring (bicyclic) bond motifs is 1. The van der Waals surface area contributed by atoms with Gasteiger partial charge in [0.2, 0.25) is 11.8 Å². The van der Waals surface area contributed by atoms with Crippen molar-refractivity contribution in [3.63, 3.8) is 0 Å². The third-order valence-corrected chi connectivity index (χ3v) is 2.80. The van der Waals surface area contributed by atoms with Gasteiger partial charge in [-0.05, 0) is 18.4 Å². The van der Waals surface area contributed by atoms with E-state index in [4.69, 9.17) is 4.74 Å². The molecule has 2 aromatic heterocycles. The maximum Gasteiger partial charge on any atom is 0.422 e. The van der Waals surface area contributed by atoms with Gasteiger partial charge in [-0.25, -0.2) is 4.98 Å². The summed E-state index contributed by atoms with van der Waals surface area (Å²) in [5, 5.41) is 5.07. The third kappa shape index (κ3) is 3.00. The van der Waals surface area contributed by atoms with E-state index >= 15 is 0 Å². The zero-order valence-corrected chi connectivity index (χ0v) is 10.2. The van der Waals surface area contributed by atoms with E-state index in [-0.39, 0.29) is 11.8 Å². The minimum absolute atomic E-state index is 0.0467. The topological polar surface area (TPSA) is 47.0 Å². The van der Waals surface area contributed by atoms with Crippen molar-refractivity contribution in [3.05, 3.63) is 11.4 Å². The van der Waals surface area contributed by atoms with Crippen LogP contribution in [0.1, 0.15) is 6.92 Å². The summed E-state index contributed by atoms with van der Waals surface area (Å²) in [7, 11) is 0. The van der Waals surface area contributed by atoms with Crippen LogP contribution in [0, 0.1) is 0 Å². The molecule has 98 valence electrons. The molecule has 0 unspecified atom stereocenters. The maximum absolute atomic E-state index is 12.1. The van der Waals surface area contributed by atoms with Crippen molar-refractivity contribution in [3.8, 4) is 5.88 Å². The smallest absolute Gasteiger partial charge is 0.422 e. The first kappa shape index (κ1) is 12.9. The van der Waals surface area contributed by atoms with Crippen molar-refractivity contribution in [2.45, 2.75) is 13.1 Å². The van der Waals surface area contributed by atoms with Gasteiger partial charge in [-0.2, -0.15) is 18.2 Å². The summed E-state index contributed by atoms with van der Waals surface area (Å²) < 4.78 is 41.1. The summed E-state index contributed by atoms with van der Waals surface area (Å²) in [5.41, 5.74) is 0. The maximum atomic E-state index is 12.1. The van der Waals surface area contributed by atoms with Crippen LogP contribution >= 0.6 is 11.3 Å². The van der Waals surface area contributed by atoms with Crippen molar-refractivity contribution < 1.29 is 17.9 Å². The van der Waals surface area contributed by atoms with Crippen LogP contribution in [0.2, 0.25) is 0 Å². The molecule has 18 heavy (non-hydrogen) atoms. The molecule has 0 aliphatic rings. The van der Waals surface area contributed by atoms with Gasteiger partial charge < -0.3 is 10.1 Å². The molecule has 1 N–H and O–H groups in total. The average Bonchev–Trinajstić information content (AvgIpc) is 2.73. The lowest BCUT2D eigenvalue weighted by molar-refractivity contribution is -0.153. The number of anilines is 1. The first-order chi connectivity index (χ1) is 8.49. The molecule has 0 amide bonds. The third-order valence-electron chi connectivity index (χ3n) is 2.00. The van der Waals surface area contributed by atoms with Crippen molar-refractivity contribution in [1.82, 2.24) is 9.97 Å². The zero-order valence-electron chi connectivity index (χ0n) is 9.41. The number of rotatable bonds is 4. The molecular weight excluding hydrogens is 267 g/mol. The van der Waals surface area contributed by atoms with Crippen LogP contribution in [-0.2, 0) is 0 Å². The number of hydrogen-bond donors (Lipinski definition) is 1. The summed E-state index contributed by atoms with van der Waals surface area (Å²) in [6, 6.07) is 1.64. The summed E-state index contributed by atoms with van der Waals surface area (Å²) >= 11 is 1.32. The van der Waals surface area contributed by atoms with Gasteiger partial charge in [0.25, 0.3) is 0 Å². The van der Waals surface area contributed by atoms with E-state index in [1.807, 2.05) is 6.92 Å². The highest BCUT2D eigenvalue weighted by Gasteiger charge is 2.29. The number of aromatic nitrogens is 2. The molecule has 8 heteroatoms. The van der Waals surface area contributed by atoms with Crippen molar-refractivity contribution in [2.24, 2.45) is 0 Å². The van der Waals surface area contributed by atoms with Crippen LogP contribution in [-0.4, -0.2) is 29.3 Å². The Labute approximate surface area is 105 Å². The van der Waals surface area contributed by atoms with Crippen LogP contribution in [0.5, 0.6) is 5.88 Å². The molecule has 4 nitrogen and oxygen atoms in total. The van der Waals surface area contributed by atoms with E-state index in [1.54, 1.807) is 11.4 Å². The molecule has 0 aliphatic carbocycles. The number of ether oxygens (including phenoxy) is 1. The monoisotopic (exact) mass is 277 g/mol. The lowest BCUT2D eigenvalue weighted by Crippen LogP contribution is -2.20. The van der Waals surface area contributed by atoms with Gasteiger partial charge in [0.1, 0.15) is 4.83 Å². The Hall–Kier alpha value is -1.57. The second-order valence-electron chi connectivity index (χ2n) is 3.43. The van der Waals surface area contributed by atoms with E-state index in [0.29, 0.717) is 16.8 Å². The molecule has 0 fully saturated rings. The minimum atomic E-state index is -4.38. The Morgan fingerprint density at radius 3 is 2.83 bits per heavy atom. The van der Waals surface area contributed by atoms with Crippen LogP contribution in [0.25, 0.3) is 10.2 Å². The Bertz CT molecular complexity index is 541. The van der Waals surface area contributed by atoms with Crippen LogP contribution in [0.3, 0.4) is 0 Å². The fourth-order valence-electron chi connectivity index (χ4n) is 1.33. The summed E-state index contributed by atoms with van der Waals surface area (Å²) in [5.74, 6) is 0.221. The number of hydrogen-bond acceptors (Lipinski definition) is 5. The second-order valence-corrected chi connectivity index (χ2v) is 4.32. The molecule has 0 saturated heterocycles. The molecule has 0 radical (unpaired) electrons. The molecule has 2 heterocycles. The SMILES string of the molecule is CCNc1nc(OCC(F)(F)F)c2ccsc2n1. The van der Waals surface area contributed by atoms with Gasteiger partial charge in [-0.3, -0.25) is 0 Å². The van der Waals surface area contributed by atoms with E-state index in [2.05, 4.69) is 15.3 Å².